The molecule has 0 aliphatic heterocycles. The number of amidine groups is 1. The molecule has 0 saturated heterocycles. The molecule has 0 spiro atoms. The van der Waals surface area contributed by atoms with Gasteiger partial charge in [0.2, 0.25) is 0 Å². The van der Waals surface area contributed by atoms with E-state index in [-0.39, 0.29) is 6.04 Å². The molecular formula is C9H14N2. The Hall–Kier alpha value is -1.05. The van der Waals surface area contributed by atoms with E-state index < -0.39 is 0 Å². The largest absolute Gasteiger partial charge is 0.388 e. The number of hydrogen-bond donors (Lipinski definition) is 1. The summed E-state index contributed by atoms with van der Waals surface area (Å²) in [6.45, 7) is 3.95. The molecule has 0 amide bonds. The molecule has 0 aromatic heterocycles. The number of hydrogen-bond acceptors (Lipinski definition) is 1. The van der Waals surface area contributed by atoms with Crippen LogP contribution < -0.4 is 5.73 Å². The van der Waals surface area contributed by atoms with Crippen LogP contribution in [0.5, 0.6) is 0 Å². The maximum atomic E-state index is 5.48. The lowest BCUT2D eigenvalue weighted by Gasteiger charge is -2.15. The second-order valence-corrected chi connectivity index (χ2v) is 2.89. The fraction of sp³-hybridized carbons (Fsp3) is 0.444. The van der Waals surface area contributed by atoms with Gasteiger partial charge in [-0.3, -0.25) is 4.99 Å². The van der Waals surface area contributed by atoms with Crippen LogP contribution >= 0.6 is 0 Å². The third-order valence-corrected chi connectivity index (χ3v) is 1.73. The highest BCUT2D eigenvalue weighted by Gasteiger charge is 2.11. The van der Waals surface area contributed by atoms with Crippen molar-refractivity contribution in [1.29, 1.82) is 0 Å². The van der Waals surface area contributed by atoms with Gasteiger partial charge >= 0.3 is 0 Å². The molecule has 60 valence electrons. The number of aliphatic imine (C=N–C) groups is 1. The van der Waals surface area contributed by atoms with Crippen LogP contribution in [0.15, 0.2) is 29.3 Å². The third kappa shape index (κ3) is 2.22. The standard InChI is InChI=1S/C9H14N2/c1-7-5-3-4-6-9(7)11-8(2)10/h3-7,9H,1-2H3,(H2,10,11). The smallest absolute Gasteiger partial charge is 0.0913 e. The lowest BCUT2D eigenvalue weighted by Crippen LogP contribution is -2.18. The van der Waals surface area contributed by atoms with Gasteiger partial charge in [0.05, 0.1) is 11.9 Å². The summed E-state index contributed by atoms with van der Waals surface area (Å²) in [5.74, 6) is 1.13. The van der Waals surface area contributed by atoms with E-state index in [9.17, 15) is 0 Å². The van der Waals surface area contributed by atoms with Gasteiger partial charge in [-0.25, -0.2) is 0 Å². The van der Waals surface area contributed by atoms with Gasteiger partial charge in [0.15, 0.2) is 0 Å². The SMILES string of the molecule is CC(N)=NC1C=CC=CC1C. The zero-order valence-corrected chi connectivity index (χ0v) is 6.99. The molecule has 0 aromatic rings. The van der Waals surface area contributed by atoms with Crippen molar-refractivity contribution in [3.8, 4) is 0 Å². The summed E-state index contributed by atoms with van der Waals surface area (Å²) in [5, 5.41) is 0. The summed E-state index contributed by atoms with van der Waals surface area (Å²) in [4.78, 5) is 4.27. The first-order valence-electron chi connectivity index (χ1n) is 3.85. The molecule has 0 fully saturated rings. The molecular weight excluding hydrogens is 136 g/mol. The number of nitrogens with zero attached hydrogens (tertiary/aromatic N) is 1. The summed E-state index contributed by atoms with van der Waals surface area (Å²) < 4.78 is 0. The van der Waals surface area contributed by atoms with Gasteiger partial charge in [0.1, 0.15) is 0 Å². The Bertz CT molecular complexity index is 210. The van der Waals surface area contributed by atoms with Crippen LogP contribution in [-0.2, 0) is 0 Å². The predicted molar refractivity (Wildman–Crippen MR) is 48.5 cm³/mol. The molecule has 1 aliphatic carbocycles. The highest BCUT2D eigenvalue weighted by molar-refractivity contribution is 5.77. The maximum Gasteiger partial charge on any atom is 0.0913 e. The van der Waals surface area contributed by atoms with E-state index in [0.29, 0.717) is 11.8 Å². The minimum Gasteiger partial charge on any atom is -0.388 e. The van der Waals surface area contributed by atoms with Crippen LogP contribution in [0.25, 0.3) is 0 Å². The van der Waals surface area contributed by atoms with Gasteiger partial charge < -0.3 is 5.73 Å². The van der Waals surface area contributed by atoms with Crippen molar-refractivity contribution in [2.75, 3.05) is 0 Å². The van der Waals surface area contributed by atoms with Crippen molar-refractivity contribution in [3.63, 3.8) is 0 Å². The average molecular weight is 150 g/mol. The lowest BCUT2D eigenvalue weighted by atomic mass is 9.98. The normalized spacial score (nSPS) is 30.9. The summed E-state index contributed by atoms with van der Waals surface area (Å²) in [5.41, 5.74) is 5.48. The fourth-order valence-electron chi connectivity index (χ4n) is 1.10. The van der Waals surface area contributed by atoms with Crippen molar-refractivity contribution < 1.29 is 0 Å². The molecule has 0 bridgehead atoms. The lowest BCUT2D eigenvalue weighted by molar-refractivity contribution is 0.626. The van der Waals surface area contributed by atoms with Crippen LogP contribution in [0.2, 0.25) is 0 Å². The highest BCUT2D eigenvalue weighted by atomic mass is 14.9. The zero-order chi connectivity index (χ0) is 8.27. The molecule has 0 aromatic carbocycles. The second kappa shape index (κ2) is 3.37. The fourth-order valence-corrected chi connectivity index (χ4v) is 1.10. The number of rotatable bonds is 1. The Morgan fingerprint density at radius 1 is 1.36 bits per heavy atom. The second-order valence-electron chi connectivity index (χ2n) is 2.89. The van der Waals surface area contributed by atoms with E-state index in [4.69, 9.17) is 5.73 Å². The van der Waals surface area contributed by atoms with Gasteiger partial charge in [0.25, 0.3) is 0 Å². The van der Waals surface area contributed by atoms with Crippen molar-refractivity contribution in [2.45, 2.75) is 19.9 Å². The molecule has 2 N–H and O–H groups in total. The van der Waals surface area contributed by atoms with E-state index >= 15 is 0 Å². The highest BCUT2D eigenvalue weighted by Crippen LogP contribution is 2.14. The first kappa shape index (κ1) is 8.05. The Balaban J connectivity index is 2.66. The molecule has 0 radical (unpaired) electrons. The number of allylic oxidation sites excluding steroid dienone is 2. The van der Waals surface area contributed by atoms with Gasteiger partial charge in [0, 0.05) is 5.92 Å². The van der Waals surface area contributed by atoms with Crippen LogP contribution in [0.1, 0.15) is 13.8 Å². The van der Waals surface area contributed by atoms with E-state index in [1.54, 1.807) is 0 Å². The minimum absolute atomic E-state index is 0.241. The third-order valence-electron chi connectivity index (χ3n) is 1.73. The summed E-state index contributed by atoms with van der Waals surface area (Å²) in [6, 6.07) is 0.241. The van der Waals surface area contributed by atoms with E-state index in [0.717, 1.165) is 0 Å². The van der Waals surface area contributed by atoms with Gasteiger partial charge in [-0.2, -0.15) is 0 Å². The van der Waals surface area contributed by atoms with Crippen molar-refractivity contribution in [2.24, 2.45) is 16.6 Å². The predicted octanol–water partition coefficient (Wildman–Crippen LogP) is 1.49. The topological polar surface area (TPSA) is 38.4 Å². The van der Waals surface area contributed by atoms with E-state index in [1.807, 2.05) is 19.1 Å². The minimum atomic E-state index is 0.241. The average Bonchev–Trinajstić information content (AvgIpc) is 1.93. The molecule has 0 saturated carbocycles. The van der Waals surface area contributed by atoms with Crippen molar-refractivity contribution in [3.05, 3.63) is 24.3 Å². The first-order valence-corrected chi connectivity index (χ1v) is 3.85. The quantitative estimate of drug-likeness (QED) is 0.446. The Morgan fingerprint density at radius 2 is 2.00 bits per heavy atom. The van der Waals surface area contributed by atoms with Gasteiger partial charge in [-0.05, 0) is 6.92 Å². The molecule has 2 unspecified atom stereocenters. The summed E-state index contributed by atoms with van der Waals surface area (Å²) >= 11 is 0. The van der Waals surface area contributed by atoms with Crippen LogP contribution in [0, 0.1) is 5.92 Å². The molecule has 11 heavy (non-hydrogen) atoms. The van der Waals surface area contributed by atoms with E-state index in [2.05, 4.69) is 24.1 Å². The zero-order valence-electron chi connectivity index (χ0n) is 6.99. The molecule has 2 atom stereocenters. The molecule has 1 rings (SSSR count). The van der Waals surface area contributed by atoms with E-state index in [1.165, 1.54) is 0 Å². The first-order chi connectivity index (χ1) is 5.20. The summed E-state index contributed by atoms with van der Waals surface area (Å²) in [6.07, 6.45) is 8.26. The number of nitrogens with two attached hydrogens (primary N) is 1. The Morgan fingerprint density at radius 3 is 2.55 bits per heavy atom. The summed E-state index contributed by atoms with van der Waals surface area (Å²) in [7, 11) is 0. The van der Waals surface area contributed by atoms with Gasteiger partial charge in [-0.1, -0.05) is 31.2 Å². The molecule has 0 heterocycles. The maximum absolute atomic E-state index is 5.48. The van der Waals surface area contributed by atoms with Crippen LogP contribution in [0.3, 0.4) is 0 Å². The van der Waals surface area contributed by atoms with Crippen LogP contribution in [0.4, 0.5) is 0 Å². The monoisotopic (exact) mass is 150 g/mol. The van der Waals surface area contributed by atoms with Gasteiger partial charge in [-0.15, -0.1) is 0 Å². The Labute approximate surface area is 67.5 Å². The molecule has 2 nitrogen and oxygen atoms in total. The van der Waals surface area contributed by atoms with Crippen molar-refractivity contribution >= 4 is 5.84 Å². The Kier molecular flexibility index (Phi) is 2.47. The van der Waals surface area contributed by atoms with Crippen molar-refractivity contribution in [1.82, 2.24) is 0 Å². The molecule has 1 aliphatic rings. The van der Waals surface area contributed by atoms with Crippen LogP contribution in [-0.4, -0.2) is 11.9 Å². The molecule has 2 heteroatoms.